The molecule has 34 heavy (non-hydrogen) atoms. The molecule has 2 aliphatic rings. The van der Waals surface area contributed by atoms with Gasteiger partial charge in [-0.25, -0.2) is 9.97 Å². The lowest BCUT2D eigenvalue weighted by molar-refractivity contribution is 0.0899. The van der Waals surface area contributed by atoms with Gasteiger partial charge in [0.2, 0.25) is 5.82 Å². The summed E-state index contributed by atoms with van der Waals surface area (Å²) in [5, 5.41) is 9.42. The zero-order valence-corrected chi connectivity index (χ0v) is 19.5. The zero-order chi connectivity index (χ0) is 24.0. The van der Waals surface area contributed by atoms with Crippen molar-refractivity contribution in [2.45, 2.75) is 31.8 Å². The number of aryl methyl sites for hydroxylation is 1. The molecule has 3 aromatic rings. The van der Waals surface area contributed by atoms with Gasteiger partial charge < -0.3 is 30.0 Å². The summed E-state index contributed by atoms with van der Waals surface area (Å²) in [4.78, 5) is 48.9. The van der Waals surface area contributed by atoms with E-state index in [-0.39, 0.29) is 41.2 Å². The largest absolute Gasteiger partial charge is 0.349 e. The van der Waals surface area contributed by atoms with Crippen LogP contribution in [-0.2, 0) is 7.05 Å². The van der Waals surface area contributed by atoms with E-state index in [4.69, 9.17) is 0 Å². The highest BCUT2D eigenvalue weighted by Gasteiger charge is 2.26. The van der Waals surface area contributed by atoms with Crippen molar-refractivity contribution in [1.82, 2.24) is 34.6 Å². The normalized spacial score (nSPS) is 19.0. The quantitative estimate of drug-likeness (QED) is 0.532. The van der Waals surface area contributed by atoms with Gasteiger partial charge in [-0.15, -0.1) is 0 Å². The standard InChI is InChI=1S/C23H28N8O3/c1-13-11-24-22(33)17-10-14-4-5-16(26-19(14)31(13)17)21(32)28-18-12-30(3)20(27-18)23(34)25-15-6-8-29(2)9-7-15/h4-5,10,12-13,15H,6-9,11H2,1-3H3,(H,24,33)(H,25,34)(H,28,32). The minimum atomic E-state index is -0.439. The van der Waals surface area contributed by atoms with Crippen LogP contribution in [0.1, 0.15) is 57.4 Å². The maximum Gasteiger partial charge on any atom is 0.287 e. The van der Waals surface area contributed by atoms with Crippen LogP contribution in [0.4, 0.5) is 5.82 Å². The third-order valence-electron chi connectivity index (χ3n) is 6.52. The summed E-state index contributed by atoms with van der Waals surface area (Å²) in [7, 11) is 3.79. The van der Waals surface area contributed by atoms with Gasteiger partial charge in [-0.3, -0.25) is 14.4 Å². The lowest BCUT2D eigenvalue weighted by atomic mass is 10.1. The van der Waals surface area contributed by atoms with Gasteiger partial charge in [-0.1, -0.05) is 0 Å². The van der Waals surface area contributed by atoms with Crippen LogP contribution in [0.5, 0.6) is 0 Å². The number of hydrogen-bond acceptors (Lipinski definition) is 6. The highest BCUT2D eigenvalue weighted by atomic mass is 16.2. The van der Waals surface area contributed by atoms with Crippen LogP contribution in [0.3, 0.4) is 0 Å². The third-order valence-corrected chi connectivity index (χ3v) is 6.52. The number of fused-ring (bicyclic) bond motifs is 3. The minimum absolute atomic E-state index is 0.0254. The average molecular weight is 465 g/mol. The molecule has 1 saturated heterocycles. The molecule has 0 radical (unpaired) electrons. The summed E-state index contributed by atoms with van der Waals surface area (Å²) in [6.07, 6.45) is 3.40. The number of nitrogens with one attached hydrogen (secondary N) is 3. The summed E-state index contributed by atoms with van der Waals surface area (Å²) in [6.45, 7) is 4.38. The molecule has 0 aliphatic carbocycles. The van der Waals surface area contributed by atoms with E-state index >= 15 is 0 Å². The Balaban J connectivity index is 1.32. The van der Waals surface area contributed by atoms with Gasteiger partial charge in [0.05, 0.1) is 6.04 Å². The van der Waals surface area contributed by atoms with Gasteiger partial charge in [0.25, 0.3) is 17.7 Å². The number of imidazole rings is 1. The van der Waals surface area contributed by atoms with Gasteiger partial charge in [0.1, 0.15) is 17.0 Å². The number of pyridine rings is 1. The molecule has 3 aromatic heterocycles. The Hall–Kier alpha value is -3.73. The monoisotopic (exact) mass is 464 g/mol. The Morgan fingerprint density at radius 1 is 1.12 bits per heavy atom. The fourth-order valence-electron chi connectivity index (χ4n) is 4.59. The van der Waals surface area contributed by atoms with Gasteiger partial charge >= 0.3 is 0 Å². The van der Waals surface area contributed by atoms with Crippen LogP contribution in [0.2, 0.25) is 0 Å². The van der Waals surface area contributed by atoms with E-state index < -0.39 is 5.91 Å². The molecule has 3 amide bonds. The zero-order valence-electron chi connectivity index (χ0n) is 19.5. The van der Waals surface area contributed by atoms with Crippen LogP contribution in [0.25, 0.3) is 11.0 Å². The lowest BCUT2D eigenvalue weighted by Crippen LogP contribution is -2.43. The number of piperidine rings is 1. The first-order valence-corrected chi connectivity index (χ1v) is 11.4. The molecule has 1 atom stereocenters. The first-order valence-electron chi connectivity index (χ1n) is 11.4. The van der Waals surface area contributed by atoms with Crippen LogP contribution in [0.15, 0.2) is 24.4 Å². The number of rotatable bonds is 4. The topological polar surface area (TPSA) is 126 Å². The van der Waals surface area contributed by atoms with Crippen molar-refractivity contribution < 1.29 is 14.4 Å². The number of likely N-dealkylation sites (tertiary alicyclic amines) is 1. The number of nitrogens with zero attached hydrogens (tertiary/aromatic N) is 5. The van der Waals surface area contributed by atoms with E-state index in [0.29, 0.717) is 17.9 Å². The molecule has 0 spiro atoms. The number of hydrogen-bond donors (Lipinski definition) is 3. The molecular formula is C23H28N8O3. The van der Waals surface area contributed by atoms with Crippen molar-refractivity contribution in [3.8, 4) is 0 Å². The van der Waals surface area contributed by atoms with E-state index in [1.54, 1.807) is 36.0 Å². The van der Waals surface area contributed by atoms with Crippen molar-refractivity contribution in [2.24, 2.45) is 7.05 Å². The number of carbonyl (C=O) groups excluding carboxylic acids is 3. The fraction of sp³-hybridized carbons (Fsp3) is 0.435. The van der Waals surface area contributed by atoms with E-state index in [2.05, 4.69) is 37.9 Å². The SMILES string of the molecule is CC1CNC(=O)c2cc3ccc(C(=O)Nc4cn(C)c(C(=O)NC5CCN(C)CC5)n4)nc3n21. The molecule has 5 heterocycles. The molecule has 11 heteroatoms. The average Bonchev–Trinajstić information content (AvgIpc) is 3.38. The second-order valence-electron chi connectivity index (χ2n) is 9.13. The second-order valence-corrected chi connectivity index (χ2v) is 9.13. The smallest absolute Gasteiger partial charge is 0.287 e. The summed E-state index contributed by atoms with van der Waals surface area (Å²) in [5.74, 6) is -0.345. The second kappa shape index (κ2) is 8.56. The van der Waals surface area contributed by atoms with Gasteiger partial charge in [-0.05, 0) is 58.1 Å². The number of amides is 3. The summed E-state index contributed by atoms with van der Waals surface area (Å²) < 4.78 is 3.46. The van der Waals surface area contributed by atoms with Crippen LogP contribution in [0, 0.1) is 0 Å². The maximum atomic E-state index is 12.9. The number of anilines is 1. The molecule has 3 N–H and O–H groups in total. The minimum Gasteiger partial charge on any atom is -0.349 e. The summed E-state index contributed by atoms with van der Waals surface area (Å²) in [5.41, 5.74) is 1.32. The predicted molar refractivity (Wildman–Crippen MR) is 126 cm³/mol. The van der Waals surface area contributed by atoms with Crippen molar-refractivity contribution in [3.63, 3.8) is 0 Å². The first-order chi connectivity index (χ1) is 16.3. The third kappa shape index (κ3) is 4.03. The molecule has 2 aliphatic heterocycles. The Kier molecular flexibility index (Phi) is 5.56. The summed E-state index contributed by atoms with van der Waals surface area (Å²) in [6, 6.07) is 5.32. The van der Waals surface area contributed by atoms with Gasteiger partial charge in [-0.2, -0.15) is 0 Å². The first kappa shape index (κ1) is 22.1. The van der Waals surface area contributed by atoms with Crippen molar-refractivity contribution >= 4 is 34.6 Å². The van der Waals surface area contributed by atoms with E-state index in [1.807, 2.05) is 11.5 Å². The van der Waals surface area contributed by atoms with Crippen LogP contribution >= 0.6 is 0 Å². The fourth-order valence-corrected chi connectivity index (χ4v) is 4.59. The number of carbonyl (C=O) groups is 3. The molecule has 11 nitrogen and oxygen atoms in total. The highest BCUT2D eigenvalue weighted by Crippen LogP contribution is 2.25. The van der Waals surface area contributed by atoms with E-state index in [0.717, 1.165) is 31.3 Å². The molecular weight excluding hydrogens is 436 g/mol. The van der Waals surface area contributed by atoms with Gasteiger partial charge in [0.15, 0.2) is 5.82 Å². The molecule has 5 rings (SSSR count). The van der Waals surface area contributed by atoms with Crippen molar-refractivity contribution in [1.29, 1.82) is 0 Å². The molecule has 178 valence electrons. The van der Waals surface area contributed by atoms with E-state index in [9.17, 15) is 14.4 Å². The number of aromatic nitrogens is 4. The maximum absolute atomic E-state index is 12.9. The molecule has 1 fully saturated rings. The molecule has 1 unspecified atom stereocenters. The molecule has 0 saturated carbocycles. The van der Waals surface area contributed by atoms with E-state index in [1.165, 1.54) is 0 Å². The van der Waals surface area contributed by atoms with Crippen LogP contribution in [-0.4, -0.2) is 74.4 Å². The van der Waals surface area contributed by atoms with Crippen molar-refractivity contribution in [3.05, 3.63) is 41.6 Å². The van der Waals surface area contributed by atoms with Gasteiger partial charge in [0, 0.05) is 31.2 Å². The molecule has 0 aromatic carbocycles. The molecule has 0 bridgehead atoms. The Morgan fingerprint density at radius 2 is 1.88 bits per heavy atom. The highest BCUT2D eigenvalue weighted by molar-refractivity contribution is 6.05. The Morgan fingerprint density at radius 3 is 2.65 bits per heavy atom. The van der Waals surface area contributed by atoms with Crippen LogP contribution < -0.4 is 16.0 Å². The Labute approximate surface area is 196 Å². The van der Waals surface area contributed by atoms with Crippen molar-refractivity contribution in [2.75, 3.05) is 32.0 Å². The Bertz CT molecular complexity index is 1280. The lowest BCUT2D eigenvalue weighted by Gasteiger charge is -2.29. The predicted octanol–water partition coefficient (Wildman–Crippen LogP) is 1.15. The summed E-state index contributed by atoms with van der Waals surface area (Å²) >= 11 is 0.